The third-order valence-corrected chi connectivity index (χ3v) is 6.57. The number of hydrogen-bond donors (Lipinski definition) is 2. The van der Waals surface area contributed by atoms with Crippen LogP contribution >= 0.6 is 0 Å². The van der Waals surface area contributed by atoms with Gasteiger partial charge in [-0.1, -0.05) is 0 Å². The van der Waals surface area contributed by atoms with Crippen LogP contribution in [-0.4, -0.2) is 41.0 Å². The molecule has 2 unspecified atom stereocenters. The number of hydrogen-bond acceptors (Lipinski definition) is 5. The Morgan fingerprint density at radius 3 is 2.55 bits per heavy atom. The Balaban J connectivity index is 1.65. The molecular formula is C19H21F3N4O3. The number of anilines is 1. The molecule has 0 spiro atoms. The highest BCUT2D eigenvalue weighted by Crippen LogP contribution is 2.57. The van der Waals surface area contributed by atoms with Crippen molar-refractivity contribution in [2.24, 2.45) is 11.7 Å². The first kappa shape index (κ1) is 18.5. The molecule has 156 valence electrons. The molecule has 1 aliphatic heterocycles. The second-order valence-electron chi connectivity index (χ2n) is 8.38. The van der Waals surface area contributed by atoms with E-state index in [1.807, 2.05) is 0 Å². The van der Waals surface area contributed by atoms with Crippen LogP contribution in [-0.2, 0) is 0 Å². The van der Waals surface area contributed by atoms with E-state index >= 15 is 4.39 Å². The van der Waals surface area contributed by atoms with Crippen molar-refractivity contribution >= 4 is 11.2 Å². The molecule has 3 fully saturated rings. The fourth-order valence-corrected chi connectivity index (χ4v) is 4.70. The number of H-pyrrole nitrogens is 1. The maximum absolute atomic E-state index is 15.1. The zero-order chi connectivity index (χ0) is 20.7. The molecular weight excluding hydrogens is 389 g/mol. The number of nitrogens with two attached hydrogens (primary N) is 1. The van der Waals surface area contributed by atoms with Gasteiger partial charge < -0.3 is 15.4 Å². The highest BCUT2D eigenvalue weighted by atomic mass is 19.3. The van der Waals surface area contributed by atoms with Crippen molar-refractivity contribution in [3.05, 3.63) is 38.4 Å². The summed E-state index contributed by atoms with van der Waals surface area (Å²) in [5.74, 6) is -4.06. The van der Waals surface area contributed by atoms with E-state index in [9.17, 15) is 18.4 Å². The maximum Gasteiger partial charge on any atom is 0.333 e. The van der Waals surface area contributed by atoms with Crippen molar-refractivity contribution in [3.63, 3.8) is 0 Å². The first-order valence-corrected chi connectivity index (χ1v) is 9.64. The van der Waals surface area contributed by atoms with Crippen molar-refractivity contribution < 1.29 is 17.9 Å². The average molecular weight is 410 g/mol. The van der Waals surface area contributed by atoms with Crippen molar-refractivity contribution in [3.8, 4) is 5.75 Å². The Labute approximate surface area is 163 Å². The van der Waals surface area contributed by atoms with E-state index in [1.165, 1.54) is 7.11 Å². The molecule has 0 aromatic carbocycles. The lowest BCUT2D eigenvalue weighted by Gasteiger charge is -2.25. The standard InChI is InChI=1S/C19H21F3N4O3/c1-29-15-13(25-5-4-10(6-25)18(23)8-19(18,21)22)11(20)7-26-14(15)12(9-2-3-9)16(27)24-17(26)28/h7,9-10H,2-6,8,23H2,1H3,(H,24,27,28). The van der Waals surface area contributed by atoms with Crippen LogP contribution in [0.5, 0.6) is 5.75 Å². The van der Waals surface area contributed by atoms with Gasteiger partial charge in [-0.05, 0) is 25.2 Å². The quantitative estimate of drug-likeness (QED) is 0.799. The average Bonchev–Trinajstić information content (AvgIpc) is 3.49. The summed E-state index contributed by atoms with van der Waals surface area (Å²) in [6.07, 6.45) is 2.64. The molecule has 0 radical (unpaired) electrons. The molecule has 1 saturated heterocycles. The number of rotatable bonds is 4. The van der Waals surface area contributed by atoms with Gasteiger partial charge in [0, 0.05) is 31.0 Å². The molecule has 2 aromatic rings. The number of alkyl halides is 2. The zero-order valence-corrected chi connectivity index (χ0v) is 15.8. The number of methoxy groups -OCH3 is 1. The number of nitrogens with zero attached hydrogens (tertiary/aromatic N) is 2. The van der Waals surface area contributed by atoms with Crippen molar-refractivity contribution in [2.75, 3.05) is 25.1 Å². The summed E-state index contributed by atoms with van der Waals surface area (Å²) in [4.78, 5) is 28.6. The fourth-order valence-electron chi connectivity index (χ4n) is 4.70. The Morgan fingerprint density at radius 1 is 1.28 bits per heavy atom. The van der Waals surface area contributed by atoms with Crippen molar-refractivity contribution in [1.82, 2.24) is 9.38 Å². The minimum absolute atomic E-state index is 0.0228. The minimum Gasteiger partial charge on any atom is -0.492 e. The molecule has 3 heterocycles. The smallest absolute Gasteiger partial charge is 0.333 e. The predicted octanol–water partition coefficient (Wildman–Crippen LogP) is 1.58. The Morgan fingerprint density at radius 2 is 1.97 bits per heavy atom. The Bertz CT molecular complexity index is 1140. The van der Waals surface area contributed by atoms with E-state index in [-0.39, 0.29) is 35.8 Å². The van der Waals surface area contributed by atoms with Crippen LogP contribution < -0.4 is 26.6 Å². The van der Waals surface area contributed by atoms with E-state index in [0.717, 1.165) is 23.4 Å². The van der Waals surface area contributed by atoms with Gasteiger partial charge in [0.15, 0.2) is 11.6 Å². The number of aromatic nitrogens is 2. The van der Waals surface area contributed by atoms with Gasteiger partial charge in [-0.15, -0.1) is 0 Å². The molecule has 0 amide bonds. The van der Waals surface area contributed by atoms with E-state index in [1.54, 1.807) is 4.90 Å². The third kappa shape index (κ3) is 2.54. The molecule has 29 heavy (non-hydrogen) atoms. The van der Waals surface area contributed by atoms with Crippen molar-refractivity contribution in [1.29, 1.82) is 0 Å². The fraction of sp³-hybridized carbons (Fsp3) is 0.579. The van der Waals surface area contributed by atoms with Gasteiger partial charge >= 0.3 is 5.69 Å². The molecule has 3 aliphatic rings. The van der Waals surface area contributed by atoms with Crippen LogP contribution in [0, 0.1) is 11.7 Å². The predicted molar refractivity (Wildman–Crippen MR) is 99.6 cm³/mol. The summed E-state index contributed by atoms with van der Waals surface area (Å²) < 4.78 is 49.1. The third-order valence-electron chi connectivity index (χ3n) is 6.57. The first-order valence-electron chi connectivity index (χ1n) is 9.64. The van der Waals surface area contributed by atoms with E-state index in [0.29, 0.717) is 18.5 Å². The number of fused-ring (bicyclic) bond motifs is 1. The number of aromatic amines is 1. The van der Waals surface area contributed by atoms with Crippen LogP contribution in [0.2, 0.25) is 0 Å². The molecule has 7 nitrogen and oxygen atoms in total. The normalized spacial score (nSPS) is 28.2. The molecule has 0 bridgehead atoms. The summed E-state index contributed by atoms with van der Waals surface area (Å²) in [6.45, 7) is 0.483. The van der Waals surface area contributed by atoms with Crippen LogP contribution in [0.4, 0.5) is 18.9 Å². The molecule has 3 N–H and O–H groups in total. The summed E-state index contributed by atoms with van der Waals surface area (Å²) in [5.41, 5.74) is 3.77. The number of halogens is 3. The van der Waals surface area contributed by atoms with Crippen LogP contribution in [0.25, 0.3) is 5.52 Å². The van der Waals surface area contributed by atoms with Gasteiger partial charge in [-0.3, -0.25) is 14.2 Å². The lowest BCUT2D eigenvalue weighted by atomic mass is 9.97. The second kappa shape index (κ2) is 5.78. The van der Waals surface area contributed by atoms with Gasteiger partial charge in [0.25, 0.3) is 11.5 Å². The summed E-state index contributed by atoms with van der Waals surface area (Å²) in [6, 6.07) is 0. The SMILES string of the molecule is COc1c(N2CCC(C3(N)CC3(F)F)C2)c(F)cn2c(=O)[nH]c(=O)c(C3CC3)c12. The number of ether oxygens (including phenoxy) is 1. The Kier molecular flexibility index (Phi) is 3.69. The lowest BCUT2D eigenvalue weighted by Crippen LogP contribution is -2.40. The van der Waals surface area contributed by atoms with Crippen LogP contribution in [0.3, 0.4) is 0 Å². The van der Waals surface area contributed by atoms with E-state index in [4.69, 9.17) is 10.5 Å². The highest BCUT2D eigenvalue weighted by Gasteiger charge is 2.72. The molecule has 2 saturated carbocycles. The van der Waals surface area contributed by atoms with Gasteiger partial charge in [0.2, 0.25) is 0 Å². The van der Waals surface area contributed by atoms with Gasteiger partial charge in [0.1, 0.15) is 11.2 Å². The lowest BCUT2D eigenvalue weighted by molar-refractivity contribution is 0.0751. The van der Waals surface area contributed by atoms with Gasteiger partial charge in [0.05, 0.1) is 18.8 Å². The number of nitrogens with one attached hydrogen (secondary N) is 1. The first-order chi connectivity index (χ1) is 13.7. The molecule has 10 heteroatoms. The Hall–Kier alpha value is -2.49. The van der Waals surface area contributed by atoms with E-state index in [2.05, 4.69) is 4.98 Å². The number of pyridine rings is 1. The molecule has 5 rings (SSSR count). The molecule has 2 aliphatic carbocycles. The highest BCUT2D eigenvalue weighted by molar-refractivity contribution is 5.78. The zero-order valence-electron chi connectivity index (χ0n) is 15.8. The largest absolute Gasteiger partial charge is 0.492 e. The monoisotopic (exact) mass is 410 g/mol. The summed E-state index contributed by atoms with van der Waals surface area (Å²) in [7, 11) is 1.34. The molecule has 2 atom stereocenters. The topological polar surface area (TPSA) is 92.8 Å². The van der Waals surface area contributed by atoms with Gasteiger partial charge in [-0.2, -0.15) is 0 Å². The minimum atomic E-state index is -2.90. The van der Waals surface area contributed by atoms with Gasteiger partial charge in [-0.25, -0.2) is 18.0 Å². The van der Waals surface area contributed by atoms with Crippen LogP contribution in [0.15, 0.2) is 15.8 Å². The summed E-state index contributed by atoms with van der Waals surface area (Å²) in [5, 5.41) is 0. The maximum atomic E-state index is 15.1. The molecule has 2 aromatic heterocycles. The van der Waals surface area contributed by atoms with Crippen LogP contribution in [0.1, 0.15) is 37.2 Å². The summed E-state index contributed by atoms with van der Waals surface area (Å²) >= 11 is 0. The van der Waals surface area contributed by atoms with Crippen molar-refractivity contribution in [2.45, 2.75) is 43.1 Å². The second-order valence-corrected chi connectivity index (χ2v) is 8.38. The van der Waals surface area contributed by atoms with E-state index < -0.39 is 34.4 Å².